The van der Waals surface area contributed by atoms with Gasteiger partial charge in [0, 0.05) is 68.4 Å². The van der Waals surface area contributed by atoms with E-state index in [4.69, 9.17) is 23.2 Å². The molecule has 1 aliphatic carbocycles. The molecule has 8 heteroatoms. The average molecular weight is 540 g/mol. The maximum Gasteiger partial charge on any atom is 0.112 e. The molecule has 1 N–H and O–H groups in total. The van der Waals surface area contributed by atoms with E-state index >= 15 is 0 Å². The van der Waals surface area contributed by atoms with Gasteiger partial charge in [-0.25, -0.2) is 5.10 Å². The van der Waals surface area contributed by atoms with Crippen LogP contribution in [0.15, 0.2) is 47.6 Å². The molecule has 0 saturated heterocycles. The Hall–Kier alpha value is -0.482. The summed E-state index contributed by atoms with van der Waals surface area (Å²) < 4.78 is 0. The van der Waals surface area contributed by atoms with E-state index in [1.54, 1.807) is 17.1 Å². The molecule has 4 rings (SSSR count). The van der Waals surface area contributed by atoms with Crippen LogP contribution in [0.1, 0.15) is 37.3 Å². The minimum Gasteiger partial charge on any atom is -0.426 e. The third-order valence-corrected chi connectivity index (χ3v) is 5.50. The number of carbonyl (C=O) groups excluding carboxylic acids is 1. The summed E-state index contributed by atoms with van der Waals surface area (Å²) in [4.78, 5) is 12.7. The quantitative estimate of drug-likeness (QED) is 0.558. The minimum absolute atomic E-state index is 0. The predicted molar refractivity (Wildman–Crippen MR) is 109 cm³/mol. The Morgan fingerprint density at radius 3 is 2.52 bits per heavy atom. The van der Waals surface area contributed by atoms with Crippen LogP contribution in [0.2, 0.25) is 10.0 Å². The third kappa shape index (κ3) is 5.81. The van der Waals surface area contributed by atoms with Gasteiger partial charge in [0.25, 0.3) is 0 Å². The number of hydrazone groups is 1. The van der Waals surface area contributed by atoms with Gasteiger partial charge in [-0.3, -0.25) is 5.01 Å². The molecule has 2 aromatic carbocycles. The Labute approximate surface area is 218 Å². The maximum atomic E-state index is 12.7. The van der Waals surface area contributed by atoms with Crippen molar-refractivity contribution < 1.29 is 56.1 Å². The Kier molecular flexibility index (Phi) is 9.59. The summed E-state index contributed by atoms with van der Waals surface area (Å²) in [6.45, 7) is 0. The Morgan fingerprint density at radius 2 is 1.86 bits per heavy atom. The Morgan fingerprint density at radius 1 is 1.17 bits per heavy atom. The van der Waals surface area contributed by atoms with Gasteiger partial charge in [-0.2, -0.15) is 36.8 Å². The average Bonchev–Trinajstić information content (AvgIpc) is 3.32. The molecule has 2 radical (unpaired) electrons. The molecule has 1 fully saturated rings. The van der Waals surface area contributed by atoms with Crippen molar-refractivity contribution >= 4 is 40.5 Å². The van der Waals surface area contributed by atoms with Gasteiger partial charge in [0.1, 0.15) is 5.91 Å². The van der Waals surface area contributed by atoms with Crippen LogP contribution in [0, 0.1) is 12.5 Å². The van der Waals surface area contributed by atoms with Crippen LogP contribution in [0.5, 0.6) is 0 Å². The zero-order valence-electron chi connectivity index (χ0n) is 15.7. The number of nitrogens with zero attached hydrogens (tertiary/aromatic N) is 2. The Bertz CT molecular complexity index is 875. The van der Waals surface area contributed by atoms with Crippen molar-refractivity contribution in [2.45, 2.75) is 37.8 Å². The van der Waals surface area contributed by atoms with Crippen molar-refractivity contribution in [2.75, 3.05) is 5.01 Å². The van der Waals surface area contributed by atoms with Gasteiger partial charge in [-0.15, -0.1) is 5.56 Å². The van der Waals surface area contributed by atoms with Crippen LogP contribution >= 0.6 is 23.2 Å². The largest absolute Gasteiger partial charge is 0.426 e. The second kappa shape index (κ2) is 11.2. The van der Waals surface area contributed by atoms with Crippen LogP contribution in [-0.4, -0.2) is 17.7 Å². The summed E-state index contributed by atoms with van der Waals surface area (Å²) in [6.07, 6.45) is 6.27. The number of amides is 1. The molecule has 1 amide bonds. The van der Waals surface area contributed by atoms with E-state index in [9.17, 15) is 4.79 Å². The molecule has 1 atom stereocenters. The summed E-state index contributed by atoms with van der Waals surface area (Å²) in [5, 5.41) is 10.5. The number of anilines is 1. The first-order valence-corrected chi connectivity index (χ1v) is 9.82. The van der Waals surface area contributed by atoms with Gasteiger partial charge in [-0.05, 0) is 36.8 Å². The van der Waals surface area contributed by atoms with E-state index in [0.717, 1.165) is 31.2 Å². The molecule has 4 nitrogen and oxygen atoms in total. The number of hydrogen-bond acceptors (Lipinski definition) is 3. The minimum atomic E-state index is -0.220. The SMILES string of the molecule is O=C(NC1CCCC1)C1=NN(c2ccc(Cl)cc2Cl)C(c2cc[c-]cc2)[CH-]1.[V].[Y]. The molecule has 2 aromatic rings. The first-order chi connectivity index (χ1) is 13.1. The van der Waals surface area contributed by atoms with Crippen LogP contribution in [0.4, 0.5) is 5.69 Å². The van der Waals surface area contributed by atoms with Crippen molar-refractivity contribution in [1.29, 1.82) is 0 Å². The van der Waals surface area contributed by atoms with Crippen molar-refractivity contribution in [2.24, 2.45) is 5.10 Å². The normalized spacial score (nSPS) is 18.3. The van der Waals surface area contributed by atoms with Crippen molar-refractivity contribution in [3.63, 3.8) is 0 Å². The third-order valence-electron chi connectivity index (χ3n) is 4.96. The van der Waals surface area contributed by atoms with Gasteiger partial charge in [-0.1, -0.05) is 36.0 Å². The smallest absolute Gasteiger partial charge is 0.112 e. The maximum absolute atomic E-state index is 12.7. The van der Waals surface area contributed by atoms with E-state index in [1.807, 2.05) is 36.8 Å². The first kappa shape index (κ1) is 24.8. The van der Waals surface area contributed by atoms with Gasteiger partial charge in [0.05, 0.1) is 10.7 Å². The second-order valence-electron chi connectivity index (χ2n) is 6.83. The van der Waals surface area contributed by atoms with Gasteiger partial charge < -0.3 is 10.1 Å². The molecular weight excluding hydrogens is 521 g/mol. The van der Waals surface area contributed by atoms with Gasteiger partial charge >= 0.3 is 0 Å². The van der Waals surface area contributed by atoms with Crippen molar-refractivity contribution in [3.05, 3.63) is 70.6 Å². The predicted octanol–water partition coefficient (Wildman–Crippen LogP) is 4.97. The van der Waals surface area contributed by atoms with Crippen LogP contribution in [0.25, 0.3) is 0 Å². The topological polar surface area (TPSA) is 44.7 Å². The zero-order chi connectivity index (χ0) is 18.8. The number of benzene rings is 2. The molecule has 0 bridgehead atoms. The van der Waals surface area contributed by atoms with Crippen molar-refractivity contribution in [1.82, 2.24) is 5.32 Å². The summed E-state index contributed by atoms with van der Waals surface area (Å²) in [5.74, 6) is -0.137. The molecule has 0 spiro atoms. The first-order valence-electron chi connectivity index (χ1n) is 9.06. The number of nitrogens with one attached hydrogen (secondary N) is 1. The van der Waals surface area contributed by atoms with Crippen LogP contribution in [0.3, 0.4) is 0 Å². The molecular formula is C21H19Cl2N3OVY-2. The monoisotopic (exact) mass is 539 g/mol. The van der Waals surface area contributed by atoms with Crippen LogP contribution in [-0.2, 0) is 56.1 Å². The fourth-order valence-electron chi connectivity index (χ4n) is 3.59. The summed E-state index contributed by atoms with van der Waals surface area (Å²) in [6, 6.07) is 15.9. The standard InChI is InChI=1S/C21H19Cl2N3O.V.Y/c22-15-10-11-19(17(23)12-15)26-20(14-6-2-1-3-7-14)13-18(25-26)21(27)24-16-8-4-5-9-16;;/h2-3,6-7,10-13,16,20H,4-5,8-9H2,(H,24,27);;/q-2;;. The molecule has 1 heterocycles. The summed E-state index contributed by atoms with van der Waals surface area (Å²) in [7, 11) is 0. The molecule has 29 heavy (non-hydrogen) atoms. The van der Waals surface area contributed by atoms with E-state index in [-0.39, 0.29) is 69.3 Å². The fourth-order valence-corrected chi connectivity index (χ4v) is 4.08. The van der Waals surface area contributed by atoms with Gasteiger partial charge in [0.15, 0.2) is 0 Å². The molecule has 1 unspecified atom stereocenters. The van der Waals surface area contributed by atoms with E-state index in [0.29, 0.717) is 21.4 Å². The van der Waals surface area contributed by atoms with E-state index in [1.165, 1.54) is 0 Å². The molecule has 0 aromatic heterocycles. The second-order valence-corrected chi connectivity index (χ2v) is 7.67. The van der Waals surface area contributed by atoms with Crippen LogP contribution < -0.4 is 10.3 Å². The Balaban J connectivity index is 0.00000150. The van der Waals surface area contributed by atoms with E-state index in [2.05, 4.69) is 16.5 Å². The van der Waals surface area contributed by atoms with Gasteiger partial charge in [0.2, 0.25) is 0 Å². The number of rotatable bonds is 4. The molecule has 1 saturated carbocycles. The number of halogens is 2. The molecule has 148 valence electrons. The summed E-state index contributed by atoms with van der Waals surface area (Å²) >= 11 is 12.4. The number of hydrogen-bond donors (Lipinski definition) is 1. The fraction of sp³-hybridized carbons (Fsp3) is 0.286. The molecule has 1 aliphatic heterocycles. The van der Waals surface area contributed by atoms with E-state index < -0.39 is 0 Å². The number of carbonyl (C=O) groups is 1. The van der Waals surface area contributed by atoms with Crippen molar-refractivity contribution in [3.8, 4) is 0 Å². The molecule has 2 aliphatic rings. The zero-order valence-corrected chi connectivity index (χ0v) is 21.4. The summed E-state index contributed by atoms with van der Waals surface area (Å²) in [5.41, 5.74) is 2.12.